The van der Waals surface area contributed by atoms with E-state index in [0.29, 0.717) is 5.88 Å². The molecule has 7 heteroatoms. The number of nitrogens with one attached hydrogen (secondary N) is 2. The second kappa shape index (κ2) is 7.40. The topological polar surface area (TPSA) is 87.5 Å². The van der Waals surface area contributed by atoms with E-state index in [1.54, 1.807) is 18.0 Å². The van der Waals surface area contributed by atoms with Gasteiger partial charge in [-0.2, -0.15) is 0 Å². The van der Waals surface area contributed by atoms with Crippen molar-refractivity contribution in [3.63, 3.8) is 0 Å². The molecule has 0 atom stereocenters. The highest BCUT2D eigenvalue weighted by molar-refractivity contribution is 5.91. The lowest BCUT2D eigenvalue weighted by atomic mass is 9.92. The first-order valence-corrected chi connectivity index (χ1v) is 7.33. The maximum Gasteiger partial charge on any atom is 0.240 e. The highest BCUT2D eigenvalue weighted by Gasteiger charge is 2.20. The van der Waals surface area contributed by atoms with Crippen LogP contribution in [0.15, 0.2) is 10.6 Å². The molecule has 0 unspecified atom stereocenters. The van der Waals surface area contributed by atoms with E-state index in [4.69, 9.17) is 4.52 Å². The maximum absolute atomic E-state index is 11.9. The highest BCUT2D eigenvalue weighted by Crippen LogP contribution is 2.23. The second-order valence-electron chi connectivity index (χ2n) is 6.77. The number of nitrogens with zero attached hydrogens (tertiary/aromatic N) is 2. The van der Waals surface area contributed by atoms with Gasteiger partial charge in [0.25, 0.3) is 0 Å². The minimum absolute atomic E-state index is 0.0831. The van der Waals surface area contributed by atoms with E-state index in [9.17, 15) is 9.59 Å². The Kier molecular flexibility index (Phi) is 6.11. The Morgan fingerprint density at radius 3 is 2.36 bits per heavy atom. The third-order valence-corrected chi connectivity index (χ3v) is 2.82. The number of carbonyl (C=O) groups excluding carboxylic acids is 2. The third kappa shape index (κ3) is 6.26. The van der Waals surface area contributed by atoms with Crippen LogP contribution in [0.2, 0.25) is 0 Å². The van der Waals surface area contributed by atoms with Crippen LogP contribution < -0.4 is 10.6 Å². The van der Waals surface area contributed by atoms with Crippen LogP contribution in [-0.4, -0.2) is 48.0 Å². The molecule has 2 N–H and O–H groups in total. The molecule has 7 nitrogen and oxygen atoms in total. The van der Waals surface area contributed by atoms with E-state index in [0.717, 1.165) is 5.69 Å². The van der Waals surface area contributed by atoms with E-state index in [2.05, 4.69) is 15.8 Å². The summed E-state index contributed by atoms with van der Waals surface area (Å²) in [4.78, 5) is 25.2. The molecular weight excluding hydrogens is 284 g/mol. The molecule has 0 saturated carbocycles. The number of hydrogen-bond donors (Lipinski definition) is 2. The minimum Gasteiger partial charge on any atom is -0.353 e. The van der Waals surface area contributed by atoms with Crippen molar-refractivity contribution in [3.05, 3.63) is 11.8 Å². The van der Waals surface area contributed by atoms with E-state index < -0.39 is 0 Å². The summed E-state index contributed by atoms with van der Waals surface area (Å²) < 4.78 is 5.10. The number of anilines is 1. The van der Waals surface area contributed by atoms with Crippen LogP contribution in [0.3, 0.4) is 0 Å². The molecule has 1 heterocycles. The third-order valence-electron chi connectivity index (χ3n) is 2.82. The molecule has 0 aliphatic rings. The van der Waals surface area contributed by atoms with Crippen LogP contribution in [0, 0.1) is 0 Å². The van der Waals surface area contributed by atoms with Gasteiger partial charge < -0.3 is 9.84 Å². The van der Waals surface area contributed by atoms with Gasteiger partial charge in [-0.05, 0) is 20.9 Å². The quantitative estimate of drug-likeness (QED) is 0.828. The van der Waals surface area contributed by atoms with Crippen LogP contribution >= 0.6 is 0 Å². The number of likely N-dealkylation sites (N-methyl/N-ethyl adjacent to an activating group) is 1. The van der Waals surface area contributed by atoms with Gasteiger partial charge in [-0.25, -0.2) is 0 Å². The van der Waals surface area contributed by atoms with Crippen LogP contribution in [0.4, 0.5) is 5.88 Å². The van der Waals surface area contributed by atoms with Gasteiger partial charge in [0.15, 0.2) is 0 Å². The van der Waals surface area contributed by atoms with Crippen LogP contribution in [0.25, 0.3) is 0 Å². The largest absolute Gasteiger partial charge is 0.353 e. The first-order chi connectivity index (χ1) is 10.1. The van der Waals surface area contributed by atoms with E-state index >= 15 is 0 Å². The summed E-state index contributed by atoms with van der Waals surface area (Å²) in [6.07, 6.45) is 0. The summed E-state index contributed by atoms with van der Waals surface area (Å²) in [5, 5.41) is 9.35. The lowest BCUT2D eigenvalue weighted by molar-refractivity contribution is -0.123. The Labute approximate surface area is 131 Å². The monoisotopic (exact) mass is 310 g/mol. The SMILES string of the molecule is CC(C)NC(=O)CN(C)CC(=O)Nc1cc(C(C)(C)C)no1. The molecule has 2 amide bonds. The fraction of sp³-hybridized carbons (Fsp3) is 0.667. The van der Waals surface area contributed by atoms with Gasteiger partial charge in [0, 0.05) is 17.5 Å². The average Bonchev–Trinajstić information content (AvgIpc) is 2.74. The Morgan fingerprint density at radius 2 is 1.86 bits per heavy atom. The van der Waals surface area contributed by atoms with Gasteiger partial charge in [-0.3, -0.25) is 19.8 Å². The van der Waals surface area contributed by atoms with E-state index in [1.165, 1.54) is 0 Å². The molecule has 0 bridgehead atoms. The number of rotatable bonds is 6. The van der Waals surface area contributed by atoms with Crippen LogP contribution in [0.5, 0.6) is 0 Å². The van der Waals surface area contributed by atoms with Crippen molar-refractivity contribution in [1.82, 2.24) is 15.4 Å². The summed E-state index contributed by atoms with van der Waals surface area (Å²) in [6, 6.07) is 1.79. The summed E-state index contributed by atoms with van der Waals surface area (Å²) in [5.74, 6) is -0.0496. The first-order valence-electron chi connectivity index (χ1n) is 7.33. The molecule has 0 aliphatic carbocycles. The van der Waals surface area contributed by atoms with Gasteiger partial charge >= 0.3 is 0 Å². The molecule has 0 saturated heterocycles. The first kappa shape index (κ1) is 18.2. The second-order valence-corrected chi connectivity index (χ2v) is 6.77. The predicted octanol–water partition coefficient (Wildman–Crippen LogP) is 1.37. The van der Waals surface area contributed by atoms with Crippen molar-refractivity contribution in [3.8, 4) is 0 Å². The molecule has 1 aromatic rings. The van der Waals surface area contributed by atoms with Crippen molar-refractivity contribution < 1.29 is 14.1 Å². The van der Waals surface area contributed by atoms with Gasteiger partial charge in [0.2, 0.25) is 17.7 Å². The highest BCUT2D eigenvalue weighted by atomic mass is 16.5. The molecule has 1 rings (SSSR count). The Hall–Kier alpha value is -1.89. The van der Waals surface area contributed by atoms with Crippen molar-refractivity contribution in [1.29, 1.82) is 0 Å². The fourth-order valence-corrected chi connectivity index (χ4v) is 1.78. The van der Waals surface area contributed by atoms with Gasteiger partial charge in [0.1, 0.15) is 0 Å². The lowest BCUT2D eigenvalue weighted by Gasteiger charge is -2.16. The number of carbonyl (C=O) groups is 2. The fourth-order valence-electron chi connectivity index (χ4n) is 1.78. The zero-order chi connectivity index (χ0) is 16.9. The zero-order valence-electron chi connectivity index (χ0n) is 14.2. The molecule has 124 valence electrons. The Bertz CT molecular complexity index is 517. The summed E-state index contributed by atoms with van der Waals surface area (Å²) in [7, 11) is 1.71. The van der Waals surface area contributed by atoms with Crippen molar-refractivity contribution >= 4 is 17.7 Å². The maximum atomic E-state index is 11.9. The summed E-state index contributed by atoms with van der Waals surface area (Å²) in [5.41, 5.74) is 0.630. The molecular formula is C15H26N4O3. The number of amides is 2. The zero-order valence-corrected chi connectivity index (χ0v) is 14.2. The summed E-state index contributed by atoms with van der Waals surface area (Å²) >= 11 is 0. The van der Waals surface area contributed by atoms with Crippen LogP contribution in [-0.2, 0) is 15.0 Å². The molecule has 0 fully saturated rings. The summed E-state index contributed by atoms with van der Waals surface area (Å²) in [6.45, 7) is 10.1. The smallest absolute Gasteiger partial charge is 0.240 e. The predicted molar refractivity (Wildman–Crippen MR) is 84.6 cm³/mol. The van der Waals surface area contributed by atoms with E-state index in [-0.39, 0.29) is 36.4 Å². The Morgan fingerprint density at radius 1 is 1.27 bits per heavy atom. The normalized spacial score (nSPS) is 11.8. The molecule has 0 aliphatic heterocycles. The molecule has 1 aromatic heterocycles. The number of hydrogen-bond acceptors (Lipinski definition) is 5. The standard InChI is InChI=1S/C15H26N4O3/c1-10(2)16-12(20)8-19(6)9-13(21)17-14-7-11(18-22-14)15(3,4)5/h7,10H,8-9H2,1-6H3,(H,16,20)(H,17,21). The van der Waals surface area contributed by atoms with Crippen molar-refractivity contribution in [2.45, 2.75) is 46.1 Å². The Balaban J connectivity index is 2.46. The minimum atomic E-state index is -0.253. The van der Waals surface area contributed by atoms with Gasteiger partial charge in [0.05, 0.1) is 18.8 Å². The molecule has 0 spiro atoms. The van der Waals surface area contributed by atoms with Crippen LogP contribution in [0.1, 0.15) is 40.3 Å². The van der Waals surface area contributed by atoms with Gasteiger partial charge in [-0.15, -0.1) is 0 Å². The molecule has 0 radical (unpaired) electrons. The van der Waals surface area contributed by atoms with Crippen molar-refractivity contribution in [2.75, 3.05) is 25.5 Å². The molecule has 22 heavy (non-hydrogen) atoms. The van der Waals surface area contributed by atoms with E-state index in [1.807, 2.05) is 34.6 Å². The number of aromatic nitrogens is 1. The van der Waals surface area contributed by atoms with Crippen molar-refractivity contribution in [2.24, 2.45) is 0 Å². The van der Waals surface area contributed by atoms with Gasteiger partial charge in [-0.1, -0.05) is 25.9 Å². The average molecular weight is 310 g/mol. The molecule has 0 aromatic carbocycles. The lowest BCUT2D eigenvalue weighted by Crippen LogP contribution is -2.41.